The van der Waals surface area contributed by atoms with Crippen molar-refractivity contribution in [2.45, 2.75) is 26.7 Å². The summed E-state index contributed by atoms with van der Waals surface area (Å²) in [4.78, 5) is 13.8. The summed E-state index contributed by atoms with van der Waals surface area (Å²) in [5, 5.41) is 11.0. The van der Waals surface area contributed by atoms with Crippen molar-refractivity contribution in [2.24, 2.45) is 5.41 Å². The maximum atomic E-state index is 11.0. The van der Waals surface area contributed by atoms with Crippen LogP contribution in [0.25, 0.3) is 6.08 Å². The van der Waals surface area contributed by atoms with Gasteiger partial charge in [-0.1, -0.05) is 6.92 Å². The highest BCUT2D eigenvalue weighted by Crippen LogP contribution is 2.40. The molecule has 1 unspecified atom stereocenters. The Morgan fingerprint density at radius 1 is 1.67 bits per heavy atom. The van der Waals surface area contributed by atoms with Crippen LogP contribution in [0.5, 0.6) is 0 Å². The zero-order chi connectivity index (χ0) is 11.1. The van der Waals surface area contributed by atoms with Gasteiger partial charge in [-0.25, -0.2) is 0 Å². The first-order chi connectivity index (χ1) is 7.07. The molecule has 4 heteroatoms. The lowest BCUT2D eigenvalue weighted by Crippen LogP contribution is -2.28. The average Bonchev–Trinajstić information content (AvgIpc) is 2.62. The topological polar surface area (TPSA) is 58.9 Å². The van der Waals surface area contributed by atoms with Gasteiger partial charge < -0.3 is 4.98 Å². The van der Waals surface area contributed by atoms with Crippen molar-refractivity contribution in [1.82, 2.24) is 4.98 Å². The van der Waals surface area contributed by atoms with Crippen LogP contribution in [-0.2, 0) is 6.42 Å². The summed E-state index contributed by atoms with van der Waals surface area (Å²) >= 11 is 0. The van der Waals surface area contributed by atoms with Gasteiger partial charge in [-0.05, 0) is 31.4 Å². The Bertz CT molecular complexity index is 434. The second-order valence-corrected chi connectivity index (χ2v) is 4.29. The molecule has 0 fully saturated rings. The van der Waals surface area contributed by atoms with Crippen LogP contribution in [-0.4, -0.2) is 9.91 Å². The number of aromatic nitrogens is 1. The van der Waals surface area contributed by atoms with Crippen LogP contribution >= 0.6 is 0 Å². The summed E-state index contributed by atoms with van der Waals surface area (Å²) < 4.78 is 0. The van der Waals surface area contributed by atoms with Gasteiger partial charge in [0.25, 0.3) is 5.70 Å². The Morgan fingerprint density at radius 3 is 3.00 bits per heavy atom. The first-order valence-electron chi connectivity index (χ1n) is 5.09. The fourth-order valence-electron chi connectivity index (χ4n) is 2.10. The summed E-state index contributed by atoms with van der Waals surface area (Å²) in [6, 6.07) is 2.00. The number of H-pyrrole nitrogens is 1. The quantitative estimate of drug-likeness (QED) is 0.597. The lowest BCUT2D eigenvalue weighted by atomic mass is 9.75. The molecule has 1 aliphatic carbocycles. The van der Waals surface area contributed by atoms with Gasteiger partial charge in [-0.15, -0.1) is 0 Å². The predicted octanol–water partition coefficient (Wildman–Crippen LogP) is 2.60. The summed E-state index contributed by atoms with van der Waals surface area (Å²) in [5.41, 5.74) is 2.04. The third-order valence-electron chi connectivity index (χ3n) is 3.33. The molecule has 0 aromatic carbocycles. The Kier molecular flexibility index (Phi) is 2.14. The Labute approximate surface area is 88.2 Å². The molecule has 1 N–H and O–H groups in total. The van der Waals surface area contributed by atoms with E-state index in [0.29, 0.717) is 5.70 Å². The van der Waals surface area contributed by atoms with Gasteiger partial charge in [0.2, 0.25) is 0 Å². The molecule has 0 aliphatic heterocycles. The van der Waals surface area contributed by atoms with E-state index in [0.717, 1.165) is 18.5 Å². The van der Waals surface area contributed by atoms with Gasteiger partial charge in [0.05, 0.1) is 10.3 Å². The van der Waals surface area contributed by atoms with Crippen molar-refractivity contribution < 1.29 is 4.92 Å². The van der Waals surface area contributed by atoms with Crippen LogP contribution in [0.2, 0.25) is 0 Å². The van der Waals surface area contributed by atoms with Gasteiger partial charge >= 0.3 is 0 Å². The van der Waals surface area contributed by atoms with Crippen molar-refractivity contribution in [1.29, 1.82) is 0 Å². The number of nitrogens with one attached hydrogen (secondary N) is 1. The SMILES string of the molecule is CCC1(C)Cc2cc[nH]c2C=C1[N+](=O)[O-]. The molecule has 0 saturated heterocycles. The number of nitrogens with zero attached hydrogens (tertiary/aromatic N) is 1. The highest BCUT2D eigenvalue weighted by molar-refractivity contribution is 5.56. The lowest BCUT2D eigenvalue weighted by Gasteiger charge is -2.28. The standard InChI is InChI=1S/C11H14N2O2/c1-3-11(2)7-8-4-5-12-9(8)6-10(11)13(14)15/h4-6,12H,3,7H2,1-2H3. The smallest absolute Gasteiger partial charge is 0.254 e. The molecule has 1 aliphatic rings. The molecular weight excluding hydrogens is 192 g/mol. The highest BCUT2D eigenvalue weighted by atomic mass is 16.6. The fourth-order valence-corrected chi connectivity index (χ4v) is 2.10. The van der Waals surface area contributed by atoms with E-state index in [2.05, 4.69) is 4.98 Å². The second-order valence-electron chi connectivity index (χ2n) is 4.29. The minimum Gasteiger partial charge on any atom is -0.361 e. The van der Waals surface area contributed by atoms with Gasteiger partial charge in [0.1, 0.15) is 0 Å². The second kappa shape index (κ2) is 3.22. The average molecular weight is 206 g/mol. The number of aromatic amines is 1. The zero-order valence-electron chi connectivity index (χ0n) is 8.91. The first-order valence-corrected chi connectivity index (χ1v) is 5.09. The molecule has 1 atom stereocenters. The number of fused-ring (bicyclic) bond motifs is 1. The zero-order valence-corrected chi connectivity index (χ0v) is 8.91. The minimum atomic E-state index is -0.335. The maximum Gasteiger partial charge on any atom is 0.254 e. The molecule has 0 radical (unpaired) electrons. The third kappa shape index (κ3) is 1.46. The number of hydrogen-bond acceptors (Lipinski definition) is 2. The molecule has 1 heterocycles. The molecule has 0 spiro atoms. The van der Waals surface area contributed by atoms with Gasteiger partial charge in [0.15, 0.2) is 0 Å². The third-order valence-corrected chi connectivity index (χ3v) is 3.33. The Hall–Kier alpha value is -1.58. The van der Waals surface area contributed by atoms with E-state index >= 15 is 0 Å². The molecular formula is C11H14N2O2. The molecule has 0 bridgehead atoms. The van der Waals surface area contributed by atoms with E-state index in [9.17, 15) is 10.1 Å². The van der Waals surface area contributed by atoms with E-state index in [1.807, 2.05) is 26.1 Å². The van der Waals surface area contributed by atoms with Gasteiger partial charge in [0, 0.05) is 18.0 Å². The van der Waals surface area contributed by atoms with Crippen molar-refractivity contribution in [3.8, 4) is 0 Å². The van der Waals surface area contributed by atoms with Crippen molar-refractivity contribution in [3.63, 3.8) is 0 Å². The number of allylic oxidation sites excluding steroid dienone is 1. The van der Waals surface area contributed by atoms with E-state index in [1.165, 1.54) is 5.56 Å². The van der Waals surface area contributed by atoms with E-state index in [4.69, 9.17) is 0 Å². The number of hydrogen-bond donors (Lipinski definition) is 1. The van der Waals surface area contributed by atoms with Crippen LogP contribution < -0.4 is 0 Å². The van der Waals surface area contributed by atoms with Gasteiger partial charge in [-0.2, -0.15) is 0 Å². The van der Waals surface area contributed by atoms with Crippen molar-refractivity contribution >= 4 is 6.08 Å². The fraction of sp³-hybridized carbons (Fsp3) is 0.455. The van der Waals surface area contributed by atoms with Crippen LogP contribution in [0.15, 0.2) is 18.0 Å². The molecule has 80 valence electrons. The van der Waals surface area contributed by atoms with Crippen LogP contribution in [0.4, 0.5) is 0 Å². The lowest BCUT2D eigenvalue weighted by molar-refractivity contribution is -0.439. The summed E-state index contributed by atoms with van der Waals surface area (Å²) in [6.45, 7) is 3.95. The van der Waals surface area contributed by atoms with Crippen molar-refractivity contribution in [3.05, 3.63) is 39.3 Å². The van der Waals surface area contributed by atoms with Gasteiger partial charge in [-0.3, -0.25) is 10.1 Å². The van der Waals surface area contributed by atoms with Crippen LogP contribution in [0.1, 0.15) is 31.5 Å². The Balaban J connectivity index is 2.53. The number of nitro groups is 1. The molecule has 0 saturated carbocycles. The van der Waals surface area contributed by atoms with E-state index in [1.54, 1.807) is 6.08 Å². The first kappa shape index (κ1) is 9.96. The minimum absolute atomic E-state index is 0.257. The molecule has 1 aromatic heterocycles. The largest absolute Gasteiger partial charge is 0.361 e. The number of rotatable bonds is 2. The summed E-state index contributed by atoms with van der Waals surface area (Å²) in [6.07, 6.45) is 5.03. The molecule has 15 heavy (non-hydrogen) atoms. The summed E-state index contributed by atoms with van der Waals surface area (Å²) in [5.74, 6) is 0. The Morgan fingerprint density at radius 2 is 2.40 bits per heavy atom. The van der Waals surface area contributed by atoms with E-state index in [-0.39, 0.29) is 10.3 Å². The van der Waals surface area contributed by atoms with Crippen LogP contribution in [0, 0.1) is 15.5 Å². The molecule has 4 nitrogen and oxygen atoms in total. The molecule has 1 aromatic rings. The highest BCUT2D eigenvalue weighted by Gasteiger charge is 2.40. The van der Waals surface area contributed by atoms with E-state index < -0.39 is 0 Å². The molecule has 0 amide bonds. The van der Waals surface area contributed by atoms with Crippen molar-refractivity contribution in [2.75, 3.05) is 0 Å². The normalized spacial score (nSPS) is 24.5. The monoisotopic (exact) mass is 206 g/mol. The summed E-state index contributed by atoms with van der Waals surface area (Å²) in [7, 11) is 0. The molecule has 2 rings (SSSR count). The maximum absolute atomic E-state index is 11.0. The van der Waals surface area contributed by atoms with Crippen LogP contribution in [0.3, 0.4) is 0 Å². The predicted molar refractivity (Wildman–Crippen MR) is 57.9 cm³/mol.